The predicted molar refractivity (Wildman–Crippen MR) is 82.7 cm³/mol. The van der Waals surface area contributed by atoms with Gasteiger partial charge in [-0.3, -0.25) is 0 Å². The highest BCUT2D eigenvalue weighted by Gasteiger charge is 2.12. The normalized spacial score (nSPS) is 10.6. The van der Waals surface area contributed by atoms with Crippen LogP contribution in [-0.2, 0) is 6.42 Å². The summed E-state index contributed by atoms with van der Waals surface area (Å²) in [5.41, 5.74) is 8.04. The number of aromatic nitrogens is 3. The number of hydrogen-bond donors (Lipinski definition) is 3. The van der Waals surface area contributed by atoms with Crippen molar-refractivity contribution in [2.24, 2.45) is 0 Å². The van der Waals surface area contributed by atoms with Crippen LogP contribution in [0.2, 0.25) is 0 Å². The highest BCUT2D eigenvalue weighted by atomic mass is 32.1. The summed E-state index contributed by atoms with van der Waals surface area (Å²) in [5.74, 6) is 1.54. The fraction of sp³-hybridized carbons (Fsp3) is 0.143. The lowest BCUT2D eigenvalue weighted by molar-refractivity contribution is 0.930. The van der Waals surface area contributed by atoms with E-state index in [0.29, 0.717) is 5.82 Å². The third-order valence-corrected chi connectivity index (χ3v) is 3.80. The van der Waals surface area contributed by atoms with Crippen LogP contribution >= 0.6 is 11.5 Å². The average Bonchev–Trinajstić information content (AvgIpc) is 3.10. The number of nitrogen functional groups attached to an aromatic ring is 1. The highest BCUT2D eigenvalue weighted by molar-refractivity contribution is 7.11. The van der Waals surface area contributed by atoms with Crippen LogP contribution in [0.25, 0.3) is 11.1 Å². The molecule has 0 aliphatic rings. The molecule has 1 aromatic carbocycles. The molecule has 0 spiro atoms. The van der Waals surface area contributed by atoms with Gasteiger partial charge in [-0.2, -0.15) is 4.37 Å². The number of hydrogen-bond acceptors (Lipinski definition) is 5. The van der Waals surface area contributed by atoms with Crippen molar-refractivity contribution in [3.8, 4) is 11.1 Å². The Kier molecular flexibility index (Phi) is 3.64. The third kappa shape index (κ3) is 2.65. The van der Waals surface area contributed by atoms with Gasteiger partial charge in [-0.1, -0.05) is 30.3 Å². The van der Waals surface area contributed by atoms with Gasteiger partial charge in [-0.05, 0) is 17.1 Å². The van der Waals surface area contributed by atoms with Crippen LogP contribution in [0.4, 0.5) is 10.8 Å². The summed E-state index contributed by atoms with van der Waals surface area (Å²) >= 11 is 1.39. The Morgan fingerprint density at radius 3 is 2.85 bits per heavy atom. The second-order valence-electron chi connectivity index (χ2n) is 4.35. The number of H-pyrrole nitrogens is 1. The van der Waals surface area contributed by atoms with Gasteiger partial charge in [-0.25, -0.2) is 4.98 Å². The highest BCUT2D eigenvalue weighted by Crippen LogP contribution is 2.36. The Hall–Kier alpha value is -2.34. The van der Waals surface area contributed by atoms with Crippen molar-refractivity contribution in [2.75, 3.05) is 17.6 Å². The first-order chi connectivity index (χ1) is 9.84. The summed E-state index contributed by atoms with van der Waals surface area (Å²) in [6.45, 7) is 0.787. The topological polar surface area (TPSA) is 79.6 Å². The minimum absolute atomic E-state index is 0.571. The summed E-state index contributed by atoms with van der Waals surface area (Å²) in [5, 5.41) is 4.39. The van der Waals surface area contributed by atoms with E-state index in [9.17, 15) is 0 Å². The second kappa shape index (κ2) is 5.75. The molecule has 2 aromatic heterocycles. The summed E-state index contributed by atoms with van der Waals surface area (Å²) in [7, 11) is 0. The van der Waals surface area contributed by atoms with Crippen molar-refractivity contribution in [3.63, 3.8) is 0 Å². The SMILES string of the molecule is Nc1nsc(NCCc2ncc[nH]2)c1-c1ccccc1. The number of imidazole rings is 1. The van der Waals surface area contributed by atoms with E-state index in [1.54, 1.807) is 6.20 Å². The van der Waals surface area contributed by atoms with Crippen molar-refractivity contribution in [1.29, 1.82) is 0 Å². The number of anilines is 2. The Morgan fingerprint density at radius 2 is 2.10 bits per heavy atom. The molecule has 4 N–H and O–H groups in total. The van der Waals surface area contributed by atoms with Gasteiger partial charge in [0.25, 0.3) is 0 Å². The van der Waals surface area contributed by atoms with E-state index in [4.69, 9.17) is 5.73 Å². The minimum atomic E-state index is 0.571. The number of benzene rings is 1. The van der Waals surface area contributed by atoms with Gasteiger partial charge in [0.1, 0.15) is 16.6 Å². The molecule has 0 unspecified atom stereocenters. The van der Waals surface area contributed by atoms with Gasteiger partial charge in [0, 0.05) is 25.4 Å². The maximum Gasteiger partial charge on any atom is 0.147 e. The van der Waals surface area contributed by atoms with E-state index in [1.807, 2.05) is 36.5 Å². The molecule has 0 atom stereocenters. The molecule has 0 radical (unpaired) electrons. The quantitative estimate of drug-likeness (QED) is 0.673. The number of nitrogens with zero attached hydrogens (tertiary/aromatic N) is 2. The molecular weight excluding hydrogens is 270 g/mol. The van der Waals surface area contributed by atoms with Crippen molar-refractivity contribution in [1.82, 2.24) is 14.3 Å². The molecule has 0 fully saturated rings. The molecule has 0 saturated carbocycles. The van der Waals surface area contributed by atoms with Crippen LogP contribution in [-0.4, -0.2) is 20.9 Å². The first-order valence-electron chi connectivity index (χ1n) is 6.37. The van der Waals surface area contributed by atoms with Gasteiger partial charge in [0.05, 0.1) is 5.56 Å². The third-order valence-electron chi connectivity index (χ3n) is 2.98. The summed E-state index contributed by atoms with van der Waals surface area (Å²) in [4.78, 5) is 7.29. The maximum atomic E-state index is 5.98. The Labute approximate surface area is 121 Å². The standard InChI is InChI=1S/C14H15N5S/c15-13-12(10-4-2-1-3-5-10)14(20-19-13)18-7-6-11-16-8-9-17-11/h1-5,8-9,18H,6-7H2,(H2,15,19)(H,16,17). The van der Waals surface area contributed by atoms with Crippen molar-refractivity contribution in [3.05, 3.63) is 48.5 Å². The molecule has 3 aromatic rings. The molecule has 0 aliphatic heterocycles. The second-order valence-corrected chi connectivity index (χ2v) is 5.12. The van der Waals surface area contributed by atoms with E-state index in [2.05, 4.69) is 19.7 Å². The number of rotatable bonds is 5. The van der Waals surface area contributed by atoms with Gasteiger partial charge in [0.15, 0.2) is 0 Å². The van der Waals surface area contributed by atoms with Crippen LogP contribution < -0.4 is 11.1 Å². The van der Waals surface area contributed by atoms with Crippen molar-refractivity contribution < 1.29 is 0 Å². The zero-order valence-corrected chi connectivity index (χ0v) is 11.7. The van der Waals surface area contributed by atoms with Crippen molar-refractivity contribution in [2.45, 2.75) is 6.42 Å². The molecular formula is C14H15N5S. The molecule has 0 aliphatic carbocycles. The zero-order valence-electron chi connectivity index (χ0n) is 10.8. The van der Waals surface area contributed by atoms with E-state index in [-0.39, 0.29) is 0 Å². The largest absolute Gasteiger partial charge is 0.382 e. The van der Waals surface area contributed by atoms with E-state index >= 15 is 0 Å². The fourth-order valence-electron chi connectivity index (χ4n) is 2.04. The lowest BCUT2D eigenvalue weighted by Gasteiger charge is -2.06. The van der Waals surface area contributed by atoms with Crippen molar-refractivity contribution >= 4 is 22.4 Å². The van der Waals surface area contributed by atoms with Gasteiger partial charge in [0.2, 0.25) is 0 Å². The minimum Gasteiger partial charge on any atom is -0.382 e. The molecule has 0 bridgehead atoms. The molecule has 0 saturated heterocycles. The fourth-order valence-corrected chi connectivity index (χ4v) is 2.80. The summed E-state index contributed by atoms with van der Waals surface area (Å²) in [6.07, 6.45) is 4.42. The van der Waals surface area contributed by atoms with Crippen LogP contribution in [0, 0.1) is 0 Å². The zero-order chi connectivity index (χ0) is 13.8. The number of nitrogens with two attached hydrogens (primary N) is 1. The van der Waals surface area contributed by atoms with E-state index in [1.165, 1.54) is 11.5 Å². The molecule has 102 valence electrons. The van der Waals surface area contributed by atoms with Gasteiger partial charge >= 0.3 is 0 Å². The van der Waals surface area contributed by atoms with E-state index in [0.717, 1.165) is 34.9 Å². The van der Waals surface area contributed by atoms with Gasteiger partial charge < -0.3 is 16.0 Å². The van der Waals surface area contributed by atoms with Crippen LogP contribution in [0.3, 0.4) is 0 Å². The van der Waals surface area contributed by atoms with Crippen LogP contribution in [0.5, 0.6) is 0 Å². The monoisotopic (exact) mass is 285 g/mol. The number of nitrogens with one attached hydrogen (secondary N) is 2. The smallest absolute Gasteiger partial charge is 0.147 e. The Bertz CT molecular complexity index is 660. The van der Waals surface area contributed by atoms with Gasteiger partial charge in [-0.15, -0.1) is 0 Å². The number of aromatic amines is 1. The summed E-state index contributed by atoms with van der Waals surface area (Å²) < 4.78 is 4.24. The first kappa shape index (κ1) is 12.7. The Balaban J connectivity index is 1.74. The molecule has 3 rings (SSSR count). The van der Waals surface area contributed by atoms with Crippen LogP contribution in [0.15, 0.2) is 42.7 Å². The molecule has 20 heavy (non-hydrogen) atoms. The molecule has 6 heteroatoms. The molecule has 0 amide bonds. The molecule has 5 nitrogen and oxygen atoms in total. The first-order valence-corrected chi connectivity index (χ1v) is 7.14. The average molecular weight is 285 g/mol. The molecule has 2 heterocycles. The predicted octanol–water partition coefficient (Wildman–Crippen LogP) is 2.77. The Morgan fingerprint density at radius 1 is 1.25 bits per heavy atom. The van der Waals surface area contributed by atoms with Crippen LogP contribution in [0.1, 0.15) is 5.82 Å². The lowest BCUT2D eigenvalue weighted by Crippen LogP contribution is -2.05. The lowest BCUT2D eigenvalue weighted by atomic mass is 10.1. The van der Waals surface area contributed by atoms with E-state index < -0.39 is 0 Å². The maximum absolute atomic E-state index is 5.98. The summed E-state index contributed by atoms with van der Waals surface area (Å²) in [6, 6.07) is 10.1.